The van der Waals surface area contributed by atoms with Crippen LogP contribution in [0.25, 0.3) is 0 Å². The number of rotatable bonds is 6. The fourth-order valence-electron chi connectivity index (χ4n) is 2.25. The first-order valence-corrected chi connectivity index (χ1v) is 7.83. The van der Waals surface area contributed by atoms with E-state index < -0.39 is 17.9 Å². The maximum Gasteiger partial charge on any atom is 0.254 e. The van der Waals surface area contributed by atoms with Crippen molar-refractivity contribution in [2.45, 2.75) is 13.0 Å². The molecule has 1 aromatic carbocycles. The van der Waals surface area contributed by atoms with Gasteiger partial charge < -0.3 is 31.6 Å². The van der Waals surface area contributed by atoms with Crippen molar-refractivity contribution in [1.29, 1.82) is 0 Å². The molecule has 2 heterocycles. The Labute approximate surface area is 148 Å². The number of fused-ring (bicyclic) bond motifs is 1. The summed E-state index contributed by atoms with van der Waals surface area (Å²) < 4.78 is 11.0. The van der Waals surface area contributed by atoms with E-state index in [1.165, 1.54) is 6.20 Å². The number of anilines is 3. The normalized spacial score (nSPS) is 13.6. The monoisotopic (exact) mass is 358 g/mol. The molecule has 0 spiro atoms. The fraction of sp³-hybridized carbons (Fsp3) is 0.250. The Balaban J connectivity index is 1.89. The number of benzene rings is 1. The summed E-state index contributed by atoms with van der Waals surface area (Å²) in [6.45, 7) is 2.52. The molecule has 10 nitrogen and oxygen atoms in total. The predicted octanol–water partition coefficient (Wildman–Crippen LogP) is 0.376. The number of nitrogens with two attached hydrogens (primary N) is 2. The molecule has 0 radical (unpaired) electrons. The Morgan fingerprint density at radius 2 is 1.92 bits per heavy atom. The summed E-state index contributed by atoms with van der Waals surface area (Å²) in [6, 6.07) is 4.53. The minimum Gasteiger partial charge on any atom is -0.486 e. The standard InChI is InChI=1S/C16H18N6O4/c1-8(13(17)23)20-16-19-7-10(14(18)24)15(22-16)21-9-2-3-11-12(6-9)26-5-4-25-11/h2-3,6-8H,4-5H2,1H3,(H2,17,23)(H2,18,24)(H2,19,20,21,22)/t8-/m1/s1. The molecule has 2 amide bonds. The van der Waals surface area contributed by atoms with Crippen LogP contribution in [0.3, 0.4) is 0 Å². The molecular formula is C16H18N6O4. The summed E-state index contributed by atoms with van der Waals surface area (Å²) in [5.74, 6) is 0.270. The lowest BCUT2D eigenvalue weighted by Crippen LogP contribution is -2.33. The number of carbonyl (C=O) groups excluding carboxylic acids is 2. The molecular weight excluding hydrogens is 340 g/mol. The highest BCUT2D eigenvalue weighted by atomic mass is 16.6. The van der Waals surface area contributed by atoms with Crippen molar-refractivity contribution < 1.29 is 19.1 Å². The number of hydrogen-bond donors (Lipinski definition) is 4. The molecule has 136 valence electrons. The second-order valence-corrected chi connectivity index (χ2v) is 5.57. The number of amides is 2. The van der Waals surface area contributed by atoms with Crippen LogP contribution in [-0.4, -0.2) is 41.0 Å². The van der Waals surface area contributed by atoms with E-state index in [2.05, 4.69) is 20.6 Å². The van der Waals surface area contributed by atoms with E-state index in [0.29, 0.717) is 30.4 Å². The third-order valence-electron chi connectivity index (χ3n) is 3.63. The van der Waals surface area contributed by atoms with Crippen molar-refractivity contribution in [3.05, 3.63) is 30.0 Å². The summed E-state index contributed by atoms with van der Waals surface area (Å²) in [5.41, 5.74) is 11.3. The lowest BCUT2D eigenvalue weighted by atomic mass is 10.2. The molecule has 3 rings (SSSR count). The molecule has 10 heteroatoms. The number of hydrogen-bond acceptors (Lipinski definition) is 8. The zero-order valence-electron chi connectivity index (χ0n) is 14.0. The van der Waals surface area contributed by atoms with Crippen molar-refractivity contribution in [3.8, 4) is 11.5 Å². The number of nitrogens with one attached hydrogen (secondary N) is 2. The first-order valence-electron chi connectivity index (χ1n) is 7.83. The van der Waals surface area contributed by atoms with Gasteiger partial charge in [-0.1, -0.05) is 0 Å². The molecule has 6 N–H and O–H groups in total. The highest BCUT2D eigenvalue weighted by molar-refractivity contribution is 5.98. The van der Waals surface area contributed by atoms with Gasteiger partial charge in [0.05, 0.1) is 0 Å². The molecule has 0 aliphatic carbocycles. The molecule has 0 bridgehead atoms. The SMILES string of the molecule is C[C@@H](Nc1ncc(C(N)=O)c(Nc2ccc3c(c2)OCCO3)n1)C(N)=O. The summed E-state index contributed by atoms with van der Waals surface area (Å²) in [7, 11) is 0. The zero-order chi connectivity index (χ0) is 18.7. The van der Waals surface area contributed by atoms with Crippen LogP contribution >= 0.6 is 0 Å². The smallest absolute Gasteiger partial charge is 0.254 e. The van der Waals surface area contributed by atoms with Gasteiger partial charge in [0.25, 0.3) is 5.91 Å². The summed E-state index contributed by atoms with van der Waals surface area (Å²) in [4.78, 5) is 31.0. The van der Waals surface area contributed by atoms with Crippen LogP contribution in [0.2, 0.25) is 0 Å². The van der Waals surface area contributed by atoms with Gasteiger partial charge in [-0.2, -0.15) is 4.98 Å². The van der Waals surface area contributed by atoms with Crippen LogP contribution in [0.5, 0.6) is 11.5 Å². The molecule has 1 aliphatic heterocycles. The van der Waals surface area contributed by atoms with Gasteiger partial charge in [0.15, 0.2) is 11.5 Å². The first-order chi connectivity index (χ1) is 12.4. The lowest BCUT2D eigenvalue weighted by Gasteiger charge is -2.19. The largest absolute Gasteiger partial charge is 0.486 e. The van der Waals surface area contributed by atoms with Crippen molar-refractivity contribution in [2.24, 2.45) is 11.5 Å². The maximum absolute atomic E-state index is 11.6. The quantitative estimate of drug-likeness (QED) is 0.577. The second kappa shape index (κ2) is 7.13. The van der Waals surface area contributed by atoms with Crippen LogP contribution in [0, 0.1) is 0 Å². The molecule has 26 heavy (non-hydrogen) atoms. The molecule has 1 aromatic heterocycles. The molecule has 2 aromatic rings. The molecule has 0 unspecified atom stereocenters. The summed E-state index contributed by atoms with van der Waals surface area (Å²) in [5, 5.41) is 5.75. The van der Waals surface area contributed by atoms with Gasteiger partial charge in [0, 0.05) is 18.0 Å². The Hall–Kier alpha value is -3.56. The fourth-order valence-corrected chi connectivity index (χ4v) is 2.25. The van der Waals surface area contributed by atoms with E-state index in [-0.39, 0.29) is 17.3 Å². The molecule has 0 fully saturated rings. The van der Waals surface area contributed by atoms with Gasteiger partial charge in [0.2, 0.25) is 11.9 Å². The van der Waals surface area contributed by atoms with E-state index in [4.69, 9.17) is 20.9 Å². The van der Waals surface area contributed by atoms with Gasteiger partial charge in [0.1, 0.15) is 30.6 Å². The predicted molar refractivity (Wildman–Crippen MR) is 93.5 cm³/mol. The first kappa shape index (κ1) is 17.3. The van der Waals surface area contributed by atoms with Crippen LogP contribution in [0.4, 0.5) is 17.5 Å². The number of aromatic nitrogens is 2. The van der Waals surface area contributed by atoms with Crippen LogP contribution in [0.15, 0.2) is 24.4 Å². The molecule has 1 aliphatic rings. The van der Waals surface area contributed by atoms with Crippen molar-refractivity contribution in [3.63, 3.8) is 0 Å². The van der Waals surface area contributed by atoms with Crippen LogP contribution in [0.1, 0.15) is 17.3 Å². The van der Waals surface area contributed by atoms with Gasteiger partial charge in [-0.3, -0.25) is 9.59 Å². The highest BCUT2D eigenvalue weighted by Gasteiger charge is 2.17. The third kappa shape index (κ3) is 3.74. The van der Waals surface area contributed by atoms with E-state index in [1.54, 1.807) is 25.1 Å². The minimum atomic E-state index is -0.695. The topological polar surface area (TPSA) is 154 Å². The molecule has 1 atom stereocenters. The van der Waals surface area contributed by atoms with Gasteiger partial charge in [-0.15, -0.1) is 0 Å². The van der Waals surface area contributed by atoms with Crippen molar-refractivity contribution >= 4 is 29.3 Å². The Bertz CT molecular complexity index is 857. The van der Waals surface area contributed by atoms with Crippen molar-refractivity contribution in [2.75, 3.05) is 23.8 Å². The Morgan fingerprint density at radius 1 is 1.19 bits per heavy atom. The van der Waals surface area contributed by atoms with Crippen LogP contribution < -0.4 is 31.6 Å². The average molecular weight is 358 g/mol. The highest BCUT2D eigenvalue weighted by Crippen LogP contribution is 2.33. The van der Waals surface area contributed by atoms with E-state index in [9.17, 15) is 9.59 Å². The third-order valence-corrected chi connectivity index (χ3v) is 3.63. The van der Waals surface area contributed by atoms with E-state index in [0.717, 1.165) is 0 Å². The Morgan fingerprint density at radius 3 is 2.62 bits per heavy atom. The van der Waals surface area contributed by atoms with Gasteiger partial charge in [-0.05, 0) is 19.1 Å². The summed E-state index contributed by atoms with van der Waals surface area (Å²) >= 11 is 0. The van der Waals surface area contributed by atoms with Crippen LogP contribution in [-0.2, 0) is 4.79 Å². The second-order valence-electron chi connectivity index (χ2n) is 5.57. The average Bonchev–Trinajstić information content (AvgIpc) is 2.61. The maximum atomic E-state index is 11.6. The van der Waals surface area contributed by atoms with Crippen molar-refractivity contribution in [1.82, 2.24) is 9.97 Å². The zero-order valence-corrected chi connectivity index (χ0v) is 14.0. The minimum absolute atomic E-state index is 0.0946. The Kier molecular flexibility index (Phi) is 4.74. The molecule has 0 saturated carbocycles. The van der Waals surface area contributed by atoms with E-state index >= 15 is 0 Å². The number of nitrogens with zero attached hydrogens (tertiary/aromatic N) is 2. The van der Waals surface area contributed by atoms with Gasteiger partial charge >= 0.3 is 0 Å². The summed E-state index contributed by atoms with van der Waals surface area (Å²) in [6.07, 6.45) is 1.27. The number of ether oxygens (including phenoxy) is 2. The lowest BCUT2D eigenvalue weighted by molar-refractivity contribution is -0.118. The van der Waals surface area contributed by atoms with E-state index in [1.807, 2.05) is 0 Å². The molecule has 0 saturated heterocycles. The number of carbonyl (C=O) groups is 2. The number of primary amides is 2. The van der Waals surface area contributed by atoms with Gasteiger partial charge in [-0.25, -0.2) is 4.98 Å².